The number of amides is 1. The van der Waals surface area contributed by atoms with Crippen LogP contribution >= 0.6 is 0 Å². The molecule has 0 fully saturated rings. The van der Waals surface area contributed by atoms with Gasteiger partial charge in [-0.25, -0.2) is 0 Å². The second kappa shape index (κ2) is 9.84. The lowest BCUT2D eigenvalue weighted by Gasteiger charge is -2.11. The average Bonchev–Trinajstić information content (AvgIpc) is 2.48. The van der Waals surface area contributed by atoms with Gasteiger partial charge in [-0.2, -0.15) is 0 Å². The summed E-state index contributed by atoms with van der Waals surface area (Å²) in [5, 5.41) is 5.78. The zero-order valence-corrected chi connectivity index (χ0v) is 11.6. The first-order valence-corrected chi connectivity index (χ1v) is 6.38. The van der Waals surface area contributed by atoms with E-state index < -0.39 is 0 Å². The smallest absolute Gasteiger partial charge is 0.258 e. The van der Waals surface area contributed by atoms with Crippen molar-refractivity contribution in [3.8, 4) is 18.1 Å². The van der Waals surface area contributed by atoms with Gasteiger partial charge in [-0.1, -0.05) is 24.1 Å². The topological polar surface area (TPSA) is 59.6 Å². The quantitative estimate of drug-likeness (QED) is 0.511. The number of terminal acetylenes is 1. The van der Waals surface area contributed by atoms with Gasteiger partial charge < -0.3 is 20.1 Å². The van der Waals surface area contributed by atoms with Crippen molar-refractivity contribution >= 4 is 5.91 Å². The Morgan fingerprint density at radius 1 is 1.40 bits per heavy atom. The van der Waals surface area contributed by atoms with Gasteiger partial charge in [0, 0.05) is 25.8 Å². The van der Waals surface area contributed by atoms with Gasteiger partial charge >= 0.3 is 0 Å². The van der Waals surface area contributed by atoms with Crippen LogP contribution in [0.2, 0.25) is 0 Å². The zero-order valence-electron chi connectivity index (χ0n) is 11.6. The number of rotatable bonds is 9. The number of methoxy groups -OCH3 is 1. The van der Waals surface area contributed by atoms with E-state index in [0.717, 1.165) is 12.1 Å². The molecule has 0 heterocycles. The Labute approximate surface area is 119 Å². The SMILES string of the molecule is C#CCNC(=O)COc1ccccc1CNCCOC. The van der Waals surface area contributed by atoms with E-state index in [9.17, 15) is 4.79 Å². The second-order valence-electron chi connectivity index (χ2n) is 4.05. The van der Waals surface area contributed by atoms with Crippen molar-refractivity contribution in [1.29, 1.82) is 0 Å². The largest absolute Gasteiger partial charge is 0.483 e. The summed E-state index contributed by atoms with van der Waals surface area (Å²) in [6, 6.07) is 7.59. The molecule has 1 rings (SSSR count). The van der Waals surface area contributed by atoms with E-state index in [1.807, 2.05) is 24.3 Å². The molecule has 1 amide bonds. The molecule has 5 heteroatoms. The lowest BCUT2D eigenvalue weighted by atomic mass is 10.2. The van der Waals surface area contributed by atoms with Crippen LogP contribution in [0.15, 0.2) is 24.3 Å². The number of carbonyl (C=O) groups excluding carboxylic acids is 1. The molecule has 1 aromatic carbocycles. The highest BCUT2D eigenvalue weighted by Crippen LogP contribution is 2.17. The second-order valence-corrected chi connectivity index (χ2v) is 4.05. The number of ether oxygens (including phenoxy) is 2. The summed E-state index contributed by atoms with van der Waals surface area (Å²) in [4.78, 5) is 11.4. The van der Waals surface area contributed by atoms with Crippen LogP contribution in [0.5, 0.6) is 5.75 Å². The molecule has 2 N–H and O–H groups in total. The first-order valence-electron chi connectivity index (χ1n) is 6.38. The third-order valence-corrected chi connectivity index (χ3v) is 2.52. The van der Waals surface area contributed by atoms with E-state index >= 15 is 0 Å². The first-order chi connectivity index (χ1) is 9.77. The molecular formula is C15H20N2O3. The minimum Gasteiger partial charge on any atom is -0.483 e. The van der Waals surface area contributed by atoms with Crippen molar-refractivity contribution in [3.05, 3.63) is 29.8 Å². The molecule has 0 aliphatic rings. The Kier molecular flexibility index (Phi) is 7.89. The lowest BCUT2D eigenvalue weighted by Crippen LogP contribution is -2.29. The molecule has 108 valence electrons. The molecule has 0 bridgehead atoms. The van der Waals surface area contributed by atoms with Crippen LogP contribution in [0.25, 0.3) is 0 Å². The van der Waals surface area contributed by atoms with Crippen LogP contribution in [-0.2, 0) is 16.1 Å². The Balaban J connectivity index is 2.44. The van der Waals surface area contributed by atoms with Gasteiger partial charge in [-0.15, -0.1) is 6.42 Å². The van der Waals surface area contributed by atoms with Gasteiger partial charge in [0.1, 0.15) is 5.75 Å². The fourth-order valence-corrected chi connectivity index (χ4v) is 1.53. The molecule has 1 aromatic rings. The summed E-state index contributed by atoms with van der Waals surface area (Å²) >= 11 is 0. The van der Waals surface area contributed by atoms with Gasteiger partial charge in [-0.05, 0) is 6.07 Å². The van der Waals surface area contributed by atoms with Crippen LogP contribution in [0.1, 0.15) is 5.56 Å². The molecule has 0 spiro atoms. The van der Waals surface area contributed by atoms with Crippen LogP contribution < -0.4 is 15.4 Å². The molecule has 0 atom stereocenters. The van der Waals surface area contributed by atoms with Crippen LogP contribution in [0.3, 0.4) is 0 Å². The van der Waals surface area contributed by atoms with Gasteiger partial charge in [0.25, 0.3) is 5.91 Å². The highest BCUT2D eigenvalue weighted by Gasteiger charge is 2.05. The summed E-state index contributed by atoms with van der Waals surface area (Å²) in [5.41, 5.74) is 0.994. The van der Waals surface area contributed by atoms with E-state index in [4.69, 9.17) is 15.9 Å². The molecule has 0 unspecified atom stereocenters. The molecule has 5 nitrogen and oxygen atoms in total. The van der Waals surface area contributed by atoms with Crippen molar-refractivity contribution in [2.75, 3.05) is 33.4 Å². The van der Waals surface area contributed by atoms with Crippen LogP contribution in [-0.4, -0.2) is 39.3 Å². The summed E-state index contributed by atoms with van der Waals surface area (Å²) in [7, 11) is 1.66. The van der Waals surface area contributed by atoms with Gasteiger partial charge in [0.15, 0.2) is 6.61 Å². The molecule has 0 radical (unpaired) electrons. The maximum Gasteiger partial charge on any atom is 0.258 e. The molecule has 0 saturated carbocycles. The fourth-order valence-electron chi connectivity index (χ4n) is 1.53. The number of para-hydroxylation sites is 1. The van der Waals surface area contributed by atoms with E-state index in [1.165, 1.54) is 0 Å². The maximum atomic E-state index is 11.4. The average molecular weight is 276 g/mol. The number of hydrogen-bond acceptors (Lipinski definition) is 4. The fraction of sp³-hybridized carbons (Fsp3) is 0.400. The molecular weight excluding hydrogens is 256 g/mol. The third-order valence-electron chi connectivity index (χ3n) is 2.52. The maximum absolute atomic E-state index is 11.4. The first kappa shape index (κ1) is 16.0. The Morgan fingerprint density at radius 2 is 2.20 bits per heavy atom. The molecule has 0 saturated heterocycles. The van der Waals surface area contributed by atoms with Crippen molar-refractivity contribution in [3.63, 3.8) is 0 Å². The standard InChI is InChI=1S/C15H20N2O3/c1-3-8-17-15(18)12-20-14-7-5-4-6-13(14)11-16-9-10-19-2/h1,4-7,16H,8-12H2,2H3,(H,17,18). The van der Waals surface area contributed by atoms with Gasteiger partial charge in [-0.3, -0.25) is 4.79 Å². The van der Waals surface area contributed by atoms with Crippen molar-refractivity contribution in [1.82, 2.24) is 10.6 Å². The third kappa shape index (κ3) is 6.23. The summed E-state index contributed by atoms with van der Waals surface area (Å²) in [6.45, 7) is 2.23. The van der Waals surface area contributed by atoms with Crippen LogP contribution in [0.4, 0.5) is 0 Å². The minimum absolute atomic E-state index is 0.0449. The molecule has 0 aromatic heterocycles. The van der Waals surface area contributed by atoms with Crippen molar-refractivity contribution in [2.45, 2.75) is 6.54 Å². The summed E-state index contributed by atoms with van der Waals surface area (Å²) in [6.07, 6.45) is 5.06. The lowest BCUT2D eigenvalue weighted by molar-refractivity contribution is -0.122. The van der Waals surface area contributed by atoms with E-state index in [-0.39, 0.29) is 19.1 Å². The number of benzene rings is 1. The number of carbonyl (C=O) groups is 1. The Morgan fingerprint density at radius 3 is 2.95 bits per heavy atom. The normalized spacial score (nSPS) is 9.80. The van der Waals surface area contributed by atoms with E-state index in [1.54, 1.807) is 7.11 Å². The minimum atomic E-state index is -0.231. The van der Waals surface area contributed by atoms with E-state index in [0.29, 0.717) is 18.9 Å². The summed E-state index contributed by atoms with van der Waals surface area (Å²) in [5.74, 6) is 2.80. The van der Waals surface area contributed by atoms with Gasteiger partial charge in [0.2, 0.25) is 0 Å². The predicted octanol–water partition coefficient (Wildman–Crippen LogP) is 0.551. The highest BCUT2D eigenvalue weighted by molar-refractivity contribution is 5.77. The predicted molar refractivity (Wildman–Crippen MR) is 77.4 cm³/mol. The molecule has 0 aliphatic carbocycles. The monoisotopic (exact) mass is 276 g/mol. The Bertz CT molecular complexity index is 455. The van der Waals surface area contributed by atoms with Crippen molar-refractivity contribution < 1.29 is 14.3 Å². The van der Waals surface area contributed by atoms with E-state index in [2.05, 4.69) is 16.6 Å². The Hall–Kier alpha value is -2.03. The summed E-state index contributed by atoms with van der Waals surface area (Å²) < 4.78 is 10.5. The van der Waals surface area contributed by atoms with Gasteiger partial charge in [0.05, 0.1) is 13.2 Å². The molecule has 20 heavy (non-hydrogen) atoms. The molecule has 0 aliphatic heterocycles. The highest BCUT2D eigenvalue weighted by atomic mass is 16.5. The number of hydrogen-bond donors (Lipinski definition) is 2. The van der Waals surface area contributed by atoms with Crippen molar-refractivity contribution in [2.24, 2.45) is 0 Å². The zero-order chi connectivity index (χ0) is 14.6. The van der Waals surface area contributed by atoms with Crippen LogP contribution in [0, 0.1) is 12.3 Å². The number of nitrogens with one attached hydrogen (secondary N) is 2.